The van der Waals surface area contributed by atoms with Crippen LogP contribution in [0.1, 0.15) is 16.8 Å². The molecule has 160 valence electrons. The van der Waals surface area contributed by atoms with Crippen LogP contribution >= 0.6 is 0 Å². The van der Waals surface area contributed by atoms with Gasteiger partial charge < -0.3 is 9.47 Å². The van der Waals surface area contributed by atoms with Gasteiger partial charge in [-0.3, -0.25) is 0 Å². The SMILES string of the molecule is C=C1/C=C\C=C/N(C2C=Cc3c(n(-c4ccc(F)cc4)c4ccccc34)C2)c2ccccc21. The number of allylic oxidation sites excluding steroid dienone is 4. The first kappa shape index (κ1) is 19.6. The number of aromatic nitrogens is 1. The van der Waals surface area contributed by atoms with Crippen molar-refractivity contribution in [3.63, 3.8) is 0 Å². The van der Waals surface area contributed by atoms with Crippen molar-refractivity contribution in [1.29, 1.82) is 0 Å². The second kappa shape index (κ2) is 7.79. The third kappa shape index (κ3) is 3.25. The van der Waals surface area contributed by atoms with Crippen molar-refractivity contribution in [2.75, 3.05) is 4.90 Å². The lowest BCUT2D eigenvalue weighted by molar-refractivity contribution is 0.627. The van der Waals surface area contributed by atoms with Crippen molar-refractivity contribution >= 4 is 28.2 Å². The predicted octanol–water partition coefficient (Wildman–Crippen LogP) is 7.31. The van der Waals surface area contributed by atoms with Crippen LogP contribution in [0.5, 0.6) is 0 Å². The van der Waals surface area contributed by atoms with Crippen molar-refractivity contribution in [2.45, 2.75) is 12.5 Å². The largest absolute Gasteiger partial charge is 0.340 e. The molecule has 2 aliphatic rings. The topological polar surface area (TPSA) is 8.17 Å². The van der Waals surface area contributed by atoms with Crippen molar-refractivity contribution < 1.29 is 4.39 Å². The molecule has 0 radical (unpaired) electrons. The first-order chi connectivity index (χ1) is 16.2. The summed E-state index contributed by atoms with van der Waals surface area (Å²) in [5.41, 5.74) is 7.86. The third-order valence-corrected chi connectivity index (χ3v) is 6.53. The van der Waals surface area contributed by atoms with Gasteiger partial charge >= 0.3 is 0 Å². The number of para-hydroxylation sites is 2. The van der Waals surface area contributed by atoms with E-state index in [0.29, 0.717) is 0 Å². The van der Waals surface area contributed by atoms with E-state index in [-0.39, 0.29) is 11.9 Å². The van der Waals surface area contributed by atoms with E-state index in [2.05, 4.69) is 89.0 Å². The average Bonchev–Trinajstić information content (AvgIpc) is 3.17. The Bertz CT molecular complexity index is 1470. The van der Waals surface area contributed by atoms with Gasteiger partial charge in [-0.1, -0.05) is 67.3 Å². The van der Waals surface area contributed by atoms with Gasteiger partial charge in [0.1, 0.15) is 5.82 Å². The minimum atomic E-state index is -0.225. The Balaban J connectivity index is 1.50. The zero-order chi connectivity index (χ0) is 22.4. The van der Waals surface area contributed by atoms with Crippen LogP contribution in [0.25, 0.3) is 28.2 Å². The van der Waals surface area contributed by atoms with Crippen LogP contribution in [0, 0.1) is 5.82 Å². The quantitative estimate of drug-likeness (QED) is 0.324. The maximum atomic E-state index is 13.7. The second-order valence-electron chi connectivity index (χ2n) is 8.47. The summed E-state index contributed by atoms with van der Waals surface area (Å²) < 4.78 is 16.0. The Hall–Kier alpha value is -4.11. The van der Waals surface area contributed by atoms with E-state index in [9.17, 15) is 4.39 Å². The molecule has 1 aliphatic carbocycles. The van der Waals surface area contributed by atoms with Gasteiger partial charge in [-0.2, -0.15) is 0 Å². The highest BCUT2D eigenvalue weighted by molar-refractivity contribution is 5.94. The molecule has 2 heterocycles. The number of benzene rings is 3. The van der Waals surface area contributed by atoms with E-state index < -0.39 is 0 Å². The van der Waals surface area contributed by atoms with Crippen molar-refractivity contribution in [1.82, 2.24) is 4.57 Å². The standard InChI is InChI=1S/C30H23FN2/c1-21-8-6-7-19-32(28-11-4-2-9-25(21)28)24-17-18-27-26-10-3-5-12-29(26)33(30(27)20-24)23-15-13-22(31)14-16-23/h2-19,24H,1,20H2/b8-6-,19-7-. The van der Waals surface area contributed by atoms with Gasteiger partial charge in [0.15, 0.2) is 0 Å². The summed E-state index contributed by atoms with van der Waals surface area (Å²) in [4.78, 5) is 2.33. The smallest absolute Gasteiger partial charge is 0.123 e. The fraction of sp³-hybridized carbons (Fsp3) is 0.0667. The molecule has 1 aromatic heterocycles. The molecule has 3 aromatic carbocycles. The Morgan fingerprint density at radius 2 is 1.64 bits per heavy atom. The first-order valence-electron chi connectivity index (χ1n) is 11.2. The van der Waals surface area contributed by atoms with Gasteiger partial charge in [-0.05, 0) is 48.0 Å². The van der Waals surface area contributed by atoms with Crippen LogP contribution in [0.15, 0.2) is 110 Å². The molecule has 1 unspecified atom stereocenters. The van der Waals surface area contributed by atoms with E-state index in [4.69, 9.17) is 0 Å². The second-order valence-corrected chi connectivity index (χ2v) is 8.47. The van der Waals surface area contributed by atoms with Crippen LogP contribution in [0.4, 0.5) is 10.1 Å². The van der Waals surface area contributed by atoms with Gasteiger partial charge in [-0.25, -0.2) is 4.39 Å². The Labute approximate surface area is 192 Å². The minimum absolute atomic E-state index is 0.137. The summed E-state index contributed by atoms with van der Waals surface area (Å²) in [6.45, 7) is 4.26. The maximum Gasteiger partial charge on any atom is 0.123 e. The van der Waals surface area contributed by atoms with Crippen molar-refractivity contribution in [3.05, 3.63) is 133 Å². The van der Waals surface area contributed by atoms with Crippen LogP contribution in [-0.2, 0) is 6.42 Å². The molecule has 0 N–H and O–H groups in total. The number of fused-ring (bicyclic) bond motifs is 4. The van der Waals surface area contributed by atoms with Gasteiger partial charge in [0, 0.05) is 46.2 Å². The van der Waals surface area contributed by atoms with Crippen molar-refractivity contribution in [2.24, 2.45) is 0 Å². The summed E-state index contributed by atoms with van der Waals surface area (Å²) >= 11 is 0. The number of hydrogen-bond acceptors (Lipinski definition) is 1. The molecular formula is C30H23FN2. The molecule has 0 saturated heterocycles. The normalized spacial score (nSPS) is 19.0. The van der Waals surface area contributed by atoms with E-state index in [1.165, 1.54) is 28.8 Å². The minimum Gasteiger partial charge on any atom is -0.340 e. The number of anilines is 1. The van der Waals surface area contributed by atoms with E-state index in [1.54, 1.807) is 0 Å². The Morgan fingerprint density at radius 1 is 0.848 bits per heavy atom. The summed E-state index contributed by atoms with van der Waals surface area (Å²) in [5.74, 6) is -0.225. The average molecular weight is 431 g/mol. The number of halogens is 1. The molecule has 3 heteroatoms. The molecular weight excluding hydrogens is 407 g/mol. The zero-order valence-electron chi connectivity index (χ0n) is 18.2. The first-order valence-corrected chi connectivity index (χ1v) is 11.2. The molecule has 0 spiro atoms. The maximum absolute atomic E-state index is 13.7. The summed E-state index contributed by atoms with van der Waals surface area (Å²) in [6, 6.07) is 23.8. The van der Waals surface area contributed by atoms with Crippen LogP contribution in [-0.4, -0.2) is 10.6 Å². The molecule has 0 fully saturated rings. The molecule has 1 aliphatic heterocycles. The number of nitrogens with zero attached hydrogens (tertiary/aromatic N) is 2. The fourth-order valence-corrected chi connectivity index (χ4v) is 5.00. The molecule has 6 rings (SSSR count). The highest BCUT2D eigenvalue weighted by Crippen LogP contribution is 2.37. The lowest BCUT2D eigenvalue weighted by Gasteiger charge is -2.33. The highest BCUT2D eigenvalue weighted by atomic mass is 19.1. The molecule has 1 atom stereocenters. The monoisotopic (exact) mass is 430 g/mol. The lowest BCUT2D eigenvalue weighted by atomic mass is 9.95. The Morgan fingerprint density at radius 3 is 2.52 bits per heavy atom. The van der Waals surface area contributed by atoms with Crippen LogP contribution in [0.3, 0.4) is 0 Å². The molecule has 0 bridgehead atoms. The highest BCUT2D eigenvalue weighted by Gasteiger charge is 2.27. The van der Waals surface area contributed by atoms with Crippen molar-refractivity contribution in [3.8, 4) is 5.69 Å². The number of rotatable bonds is 2. The lowest BCUT2D eigenvalue weighted by Crippen LogP contribution is -2.33. The predicted molar refractivity (Wildman–Crippen MR) is 136 cm³/mol. The Kier molecular flexibility index (Phi) is 4.62. The summed E-state index contributed by atoms with van der Waals surface area (Å²) in [7, 11) is 0. The van der Waals surface area contributed by atoms with E-state index >= 15 is 0 Å². The van der Waals surface area contributed by atoms with Crippen LogP contribution in [0.2, 0.25) is 0 Å². The van der Waals surface area contributed by atoms with Crippen LogP contribution < -0.4 is 4.90 Å². The zero-order valence-corrected chi connectivity index (χ0v) is 18.2. The molecule has 2 nitrogen and oxygen atoms in total. The molecule has 0 amide bonds. The van der Waals surface area contributed by atoms with Gasteiger partial charge in [0.2, 0.25) is 0 Å². The summed E-state index contributed by atoms with van der Waals surface area (Å²) in [6.07, 6.45) is 13.7. The third-order valence-electron chi connectivity index (χ3n) is 6.53. The van der Waals surface area contributed by atoms with Gasteiger partial charge in [-0.15, -0.1) is 0 Å². The van der Waals surface area contributed by atoms with Gasteiger partial charge in [0.25, 0.3) is 0 Å². The van der Waals surface area contributed by atoms with E-state index in [1.807, 2.05) is 24.3 Å². The summed E-state index contributed by atoms with van der Waals surface area (Å²) in [5, 5.41) is 1.21. The fourth-order valence-electron chi connectivity index (χ4n) is 5.00. The van der Waals surface area contributed by atoms with Gasteiger partial charge in [0.05, 0.1) is 11.6 Å². The molecule has 0 saturated carbocycles. The van der Waals surface area contributed by atoms with E-state index in [0.717, 1.165) is 34.4 Å². The molecule has 4 aromatic rings. The molecule has 33 heavy (non-hydrogen) atoms. The number of hydrogen-bond donors (Lipinski definition) is 0.